The molecule has 2 aromatic rings. The molecule has 0 unspecified atom stereocenters. The summed E-state index contributed by atoms with van der Waals surface area (Å²) in [5.41, 5.74) is 0.550. The highest BCUT2D eigenvalue weighted by atomic mass is 79.9. The highest BCUT2D eigenvalue weighted by molar-refractivity contribution is 9.10. The Morgan fingerprint density at radius 3 is 2.24 bits per heavy atom. The molecule has 0 bridgehead atoms. The third-order valence-corrected chi connectivity index (χ3v) is 7.57. The van der Waals surface area contributed by atoms with Crippen LogP contribution in [0.1, 0.15) is 33.6 Å². The largest absolute Gasteiger partial charge is 0.459 e. The highest BCUT2D eigenvalue weighted by Gasteiger charge is 2.54. The van der Waals surface area contributed by atoms with Gasteiger partial charge in [0.25, 0.3) is 0 Å². The van der Waals surface area contributed by atoms with Gasteiger partial charge in [-0.3, -0.25) is 9.78 Å². The number of benzene rings is 1. The fraction of sp³-hybridized carbons (Fsp3) is 0.450. The zero-order valence-corrected chi connectivity index (χ0v) is 18.9. The molecule has 0 radical (unpaired) electrons. The van der Waals surface area contributed by atoms with Crippen molar-refractivity contribution < 1.29 is 22.7 Å². The lowest BCUT2D eigenvalue weighted by Gasteiger charge is -2.36. The number of sulfone groups is 1. The number of halogens is 1. The average Bonchev–Trinajstić information content (AvgIpc) is 2.68. The smallest absolute Gasteiger partial charge is 0.328 e. The first kappa shape index (κ1) is 21.9. The number of aromatic nitrogens is 2. The van der Waals surface area contributed by atoms with Crippen molar-refractivity contribution in [2.75, 3.05) is 13.2 Å². The zero-order chi connectivity index (χ0) is 21.3. The molecule has 1 aliphatic heterocycles. The lowest BCUT2D eigenvalue weighted by molar-refractivity contribution is -0.160. The molecule has 156 valence electrons. The summed E-state index contributed by atoms with van der Waals surface area (Å²) in [6.45, 7) is 5.53. The number of carbonyl (C=O) groups is 1. The van der Waals surface area contributed by atoms with Crippen LogP contribution in [-0.2, 0) is 24.1 Å². The van der Waals surface area contributed by atoms with E-state index in [1.54, 1.807) is 45.3 Å². The summed E-state index contributed by atoms with van der Waals surface area (Å²) in [7, 11) is -4.00. The van der Waals surface area contributed by atoms with E-state index in [0.29, 0.717) is 10.3 Å². The van der Waals surface area contributed by atoms with Gasteiger partial charge in [-0.05, 0) is 48.8 Å². The molecule has 7 nitrogen and oxygen atoms in total. The van der Waals surface area contributed by atoms with E-state index in [0.717, 1.165) is 5.56 Å². The van der Waals surface area contributed by atoms with E-state index in [2.05, 4.69) is 25.9 Å². The summed E-state index contributed by atoms with van der Waals surface area (Å²) in [6.07, 6.45) is 3.28. The third-order valence-electron chi connectivity index (χ3n) is 4.67. The second kappa shape index (κ2) is 8.12. The van der Waals surface area contributed by atoms with Crippen molar-refractivity contribution in [3.8, 4) is 11.3 Å². The maximum Gasteiger partial charge on any atom is 0.328 e. The number of hydrogen-bond donors (Lipinski definition) is 0. The lowest BCUT2D eigenvalue weighted by atomic mass is 9.99. The van der Waals surface area contributed by atoms with Gasteiger partial charge >= 0.3 is 5.97 Å². The molecule has 1 aromatic heterocycles. The monoisotopic (exact) mass is 482 g/mol. The predicted molar refractivity (Wildman–Crippen MR) is 111 cm³/mol. The number of ether oxygens (including phenoxy) is 2. The topological polar surface area (TPSA) is 95.5 Å². The molecule has 0 spiro atoms. The zero-order valence-electron chi connectivity index (χ0n) is 16.5. The van der Waals surface area contributed by atoms with Crippen LogP contribution >= 0.6 is 15.9 Å². The molecule has 0 N–H and O–H groups in total. The standard InChI is InChI=1S/C20H23BrN2O5S/c1-19(2,3)28-18(24)20(8-10-27-11-9-20)29(25,26)15-6-4-14(5-7-15)16-12-23-17(21)13-22-16/h4-7,12-13H,8-11H2,1-3H3. The van der Waals surface area contributed by atoms with E-state index >= 15 is 0 Å². The van der Waals surface area contributed by atoms with Gasteiger partial charge < -0.3 is 9.47 Å². The van der Waals surface area contributed by atoms with Crippen LogP contribution in [0.15, 0.2) is 46.2 Å². The Bertz CT molecular complexity index is 977. The first-order valence-corrected chi connectivity index (χ1v) is 11.5. The minimum absolute atomic E-state index is 0.0597. The van der Waals surface area contributed by atoms with Crippen LogP contribution in [0, 0.1) is 0 Å². The third kappa shape index (κ3) is 4.51. The molecule has 1 saturated heterocycles. The van der Waals surface area contributed by atoms with Crippen molar-refractivity contribution >= 4 is 31.7 Å². The summed E-state index contributed by atoms with van der Waals surface area (Å²) in [5, 5.41) is 0. The Morgan fingerprint density at radius 1 is 1.10 bits per heavy atom. The Balaban J connectivity index is 1.98. The average molecular weight is 483 g/mol. The minimum Gasteiger partial charge on any atom is -0.459 e. The summed E-state index contributed by atoms with van der Waals surface area (Å²) in [4.78, 5) is 21.5. The Kier molecular flexibility index (Phi) is 6.12. The van der Waals surface area contributed by atoms with E-state index < -0.39 is 26.2 Å². The van der Waals surface area contributed by atoms with Crippen molar-refractivity contribution in [1.82, 2.24) is 9.97 Å². The normalized spacial score (nSPS) is 17.0. The van der Waals surface area contributed by atoms with Gasteiger partial charge in [0.15, 0.2) is 14.6 Å². The van der Waals surface area contributed by atoms with E-state index in [1.807, 2.05) is 0 Å². The molecule has 29 heavy (non-hydrogen) atoms. The van der Waals surface area contributed by atoms with E-state index in [-0.39, 0.29) is 31.0 Å². The fourth-order valence-corrected chi connectivity index (χ4v) is 5.26. The van der Waals surface area contributed by atoms with Crippen LogP contribution in [-0.4, -0.2) is 47.9 Å². The lowest BCUT2D eigenvalue weighted by Crippen LogP contribution is -2.53. The van der Waals surface area contributed by atoms with Crippen LogP contribution in [0.25, 0.3) is 11.3 Å². The van der Waals surface area contributed by atoms with Crippen LogP contribution < -0.4 is 0 Å². The van der Waals surface area contributed by atoms with Crippen LogP contribution in [0.5, 0.6) is 0 Å². The molecule has 9 heteroatoms. The molecule has 0 atom stereocenters. The summed E-state index contributed by atoms with van der Waals surface area (Å²) >= 11 is 3.23. The van der Waals surface area contributed by atoms with Crippen LogP contribution in [0.3, 0.4) is 0 Å². The molecule has 1 aromatic carbocycles. The molecule has 1 aliphatic rings. The van der Waals surface area contributed by atoms with E-state index in [1.165, 1.54) is 12.1 Å². The molecule has 0 saturated carbocycles. The van der Waals surface area contributed by atoms with E-state index in [9.17, 15) is 13.2 Å². The molecular formula is C20H23BrN2O5S. The molecule has 1 fully saturated rings. The van der Waals surface area contributed by atoms with Crippen molar-refractivity contribution in [3.63, 3.8) is 0 Å². The number of carbonyl (C=O) groups excluding carboxylic acids is 1. The fourth-order valence-electron chi connectivity index (χ4n) is 3.15. The van der Waals surface area contributed by atoms with Gasteiger partial charge in [0, 0.05) is 31.6 Å². The van der Waals surface area contributed by atoms with Gasteiger partial charge in [0.05, 0.1) is 23.0 Å². The first-order chi connectivity index (χ1) is 13.6. The molecule has 0 aliphatic carbocycles. The van der Waals surface area contributed by atoms with Crippen molar-refractivity contribution in [2.45, 2.75) is 48.9 Å². The van der Waals surface area contributed by atoms with Crippen molar-refractivity contribution in [3.05, 3.63) is 41.3 Å². The second-order valence-corrected chi connectivity index (χ2v) is 10.9. The van der Waals surface area contributed by atoms with Crippen LogP contribution in [0.2, 0.25) is 0 Å². The first-order valence-electron chi connectivity index (χ1n) is 9.19. The highest BCUT2D eigenvalue weighted by Crippen LogP contribution is 2.37. The number of rotatable bonds is 4. The second-order valence-electron chi connectivity index (χ2n) is 7.86. The predicted octanol–water partition coefficient (Wildman–Crippen LogP) is 3.57. The summed E-state index contributed by atoms with van der Waals surface area (Å²) in [5.74, 6) is -0.726. The Labute approximate surface area is 178 Å². The van der Waals surface area contributed by atoms with Gasteiger partial charge in [0.2, 0.25) is 0 Å². The Hall–Kier alpha value is -1.84. The SMILES string of the molecule is CC(C)(C)OC(=O)C1(S(=O)(=O)c2ccc(-c3cnc(Br)cn3)cc2)CCOCC1. The van der Waals surface area contributed by atoms with Gasteiger partial charge in [-0.1, -0.05) is 12.1 Å². The molecule has 0 amide bonds. The minimum atomic E-state index is -4.00. The molecular weight excluding hydrogens is 460 g/mol. The van der Waals surface area contributed by atoms with Crippen molar-refractivity contribution in [1.29, 1.82) is 0 Å². The Morgan fingerprint density at radius 2 is 1.72 bits per heavy atom. The summed E-state index contributed by atoms with van der Waals surface area (Å²) in [6, 6.07) is 6.31. The van der Waals surface area contributed by atoms with E-state index in [4.69, 9.17) is 9.47 Å². The summed E-state index contributed by atoms with van der Waals surface area (Å²) < 4.78 is 36.9. The maximum atomic E-state index is 13.5. The van der Waals surface area contributed by atoms with Crippen LogP contribution in [0.4, 0.5) is 0 Å². The molecule has 2 heterocycles. The number of nitrogens with zero attached hydrogens (tertiary/aromatic N) is 2. The number of hydrogen-bond acceptors (Lipinski definition) is 7. The van der Waals surface area contributed by atoms with Crippen molar-refractivity contribution in [2.24, 2.45) is 0 Å². The van der Waals surface area contributed by atoms with Gasteiger partial charge in [-0.15, -0.1) is 0 Å². The number of esters is 1. The maximum absolute atomic E-state index is 13.5. The van der Waals surface area contributed by atoms with Gasteiger partial charge in [-0.25, -0.2) is 13.4 Å². The van der Waals surface area contributed by atoms with Gasteiger partial charge in [0.1, 0.15) is 10.2 Å². The van der Waals surface area contributed by atoms with Gasteiger partial charge in [-0.2, -0.15) is 0 Å². The quantitative estimate of drug-likeness (QED) is 0.614. The molecule has 3 rings (SSSR count).